The minimum atomic E-state index is 0.343. The molecule has 5 nitrogen and oxygen atoms in total. The smallest absolute Gasteiger partial charge is 0.222 e. The number of likely N-dealkylation sites (tertiary alicyclic amines) is 2. The summed E-state index contributed by atoms with van der Waals surface area (Å²) in [4.78, 5) is 21.4. The first-order chi connectivity index (χ1) is 11.3. The normalized spacial score (nSPS) is 31.5. The van der Waals surface area contributed by atoms with Crippen LogP contribution in [0.2, 0.25) is 0 Å². The molecule has 1 aromatic rings. The molecule has 0 aliphatic carbocycles. The summed E-state index contributed by atoms with van der Waals surface area (Å²) >= 11 is 1.73. The first-order valence-electron chi connectivity index (χ1n) is 8.76. The van der Waals surface area contributed by atoms with Crippen LogP contribution in [0.3, 0.4) is 0 Å². The summed E-state index contributed by atoms with van der Waals surface area (Å²) in [6.07, 6.45) is 4.89. The molecule has 1 aromatic heterocycles. The zero-order valence-electron chi connectivity index (χ0n) is 13.5. The molecule has 0 spiro atoms. The van der Waals surface area contributed by atoms with Crippen molar-refractivity contribution in [2.45, 2.75) is 25.8 Å². The third-order valence-corrected chi connectivity index (χ3v) is 6.34. The van der Waals surface area contributed by atoms with Gasteiger partial charge in [0.15, 0.2) is 0 Å². The van der Waals surface area contributed by atoms with Crippen molar-refractivity contribution in [1.29, 1.82) is 0 Å². The van der Waals surface area contributed by atoms with E-state index in [0.29, 0.717) is 30.1 Å². The molecule has 0 aromatic carbocycles. The van der Waals surface area contributed by atoms with Crippen LogP contribution < -0.4 is 0 Å². The van der Waals surface area contributed by atoms with Crippen molar-refractivity contribution in [2.24, 2.45) is 17.8 Å². The average molecular weight is 335 g/mol. The van der Waals surface area contributed by atoms with Crippen molar-refractivity contribution in [3.63, 3.8) is 0 Å². The predicted molar refractivity (Wildman–Crippen MR) is 89.1 cm³/mol. The molecular formula is C17H25N3O2S. The summed E-state index contributed by atoms with van der Waals surface area (Å²) in [7, 11) is 0. The van der Waals surface area contributed by atoms with Crippen LogP contribution in [-0.2, 0) is 16.1 Å². The Bertz CT molecular complexity index is 530. The topological polar surface area (TPSA) is 45.7 Å². The monoisotopic (exact) mass is 335 g/mol. The van der Waals surface area contributed by atoms with Gasteiger partial charge in [0.1, 0.15) is 5.01 Å². The molecule has 3 aliphatic heterocycles. The van der Waals surface area contributed by atoms with Gasteiger partial charge in [0.05, 0.1) is 19.8 Å². The van der Waals surface area contributed by atoms with Crippen LogP contribution in [0, 0.1) is 17.8 Å². The van der Waals surface area contributed by atoms with Gasteiger partial charge in [-0.3, -0.25) is 9.69 Å². The second kappa shape index (κ2) is 6.87. The van der Waals surface area contributed by atoms with Gasteiger partial charge in [0, 0.05) is 44.2 Å². The highest BCUT2D eigenvalue weighted by Gasteiger charge is 2.42. The molecule has 126 valence electrons. The first kappa shape index (κ1) is 15.5. The van der Waals surface area contributed by atoms with E-state index in [2.05, 4.69) is 9.88 Å². The predicted octanol–water partition coefficient (Wildman–Crippen LogP) is 1.85. The van der Waals surface area contributed by atoms with E-state index in [0.717, 1.165) is 45.9 Å². The Hall–Kier alpha value is -0.980. The molecule has 3 atom stereocenters. The number of hydrogen-bond donors (Lipinski definition) is 0. The number of fused-ring (bicyclic) bond motifs is 1. The van der Waals surface area contributed by atoms with Gasteiger partial charge >= 0.3 is 0 Å². The van der Waals surface area contributed by atoms with Crippen molar-refractivity contribution in [2.75, 3.05) is 39.4 Å². The zero-order chi connectivity index (χ0) is 15.6. The zero-order valence-corrected chi connectivity index (χ0v) is 14.3. The summed E-state index contributed by atoms with van der Waals surface area (Å²) in [6, 6.07) is 0. The lowest BCUT2D eigenvalue weighted by atomic mass is 9.81. The van der Waals surface area contributed by atoms with Gasteiger partial charge in [-0.2, -0.15) is 0 Å². The Kier molecular flexibility index (Phi) is 4.64. The molecule has 1 amide bonds. The average Bonchev–Trinajstić information content (AvgIpc) is 3.29. The highest BCUT2D eigenvalue weighted by atomic mass is 32.1. The number of aromatic nitrogens is 1. The molecule has 4 heterocycles. The number of nitrogens with zero attached hydrogens (tertiary/aromatic N) is 3. The van der Waals surface area contributed by atoms with Crippen LogP contribution >= 0.6 is 11.3 Å². The summed E-state index contributed by atoms with van der Waals surface area (Å²) in [5.74, 6) is 1.92. The fraction of sp³-hybridized carbons (Fsp3) is 0.765. The molecule has 6 heteroatoms. The number of thiazole rings is 1. The maximum Gasteiger partial charge on any atom is 0.222 e. The highest BCUT2D eigenvalue weighted by molar-refractivity contribution is 7.09. The number of rotatable bonds is 4. The van der Waals surface area contributed by atoms with Gasteiger partial charge in [0.2, 0.25) is 5.91 Å². The lowest BCUT2D eigenvalue weighted by molar-refractivity contribution is -0.133. The molecule has 4 rings (SSSR count). The number of carbonyl (C=O) groups excluding carboxylic acids is 1. The van der Waals surface area contributed by atoms with E-state index >= 15 is 0 Å². The van der Waals surface area contributed by atoms with Gasteiger partial charge in [-0.15, -0.1) is 11.3 Å². The minimum Gasteiger partial charge on any atom is -0.381 e. The largest absolute Gasteiger partial charge is 0.381 e. The Morgan fingerprint density at radius 2 is 2.17 bits per heavy atom. The quantitative estimate of drug-likeness (QED) is 0.842. The molecule has 0 bridgehead atoms. The maximum atomic E-state index is 12.5. The Morgan fingerprint density at radius 1 is 1.30 bits per heavy atom. The molecule has 23 heavy (non-hydrogen) atoms. The molecule has 3 saturated heterocycles. The van der Waals surface area contributed by atoms with E-state index in [-0.39, 0.29) is 0 Å². The van der Waals surface area contributed by atoms with Gasteiger partial charge in [0.25, 0.3) is 0 Å². The van der Waals surface area contributed by atoms with E-state index in [9.17, 15) is 4.79 Å². The number of ether oxygens (including phenoxy) is 1. The fourth-order valence-corrected chi connectivity index (χ4v) is 5.03. The van der Waals surface area contributed by atoms with Crippen LogP contribution in [0.25, 0.3) is 0 Å². The third kappa shape index (κ3) is 3.44. The summed E-state index contributed by atoms with van der Waals surface area (Å²) in [6.45, 7) is 6.63. The van der Waals surface area contributed by atoms with E-state index in [1.54, 1.807) is 11.3 Å². The van der Waals surface area contributed by atoms with E-state index in [4.69, 9.17) is 4.74 Å². The lowest BCUT2D eigenvalue weighted by Crippen LogP contribution is -2.39. The van der Waals surface area contributed by atoms with Crippen molar-refractivity contribution < 1.29 is 9.53 Å². The highest BCUT2D eigenvalue weighted by Crippen LogP contribution is 2.36. The van der Waals surface area contributed by atoms with Gasteiger partial charge in [-0.1, -0.05) is 0 Å². The second-order valence-electron chi connectivity index (χ2n) is 7.13. The van der Waals surface area contributed by atoms with Gasteiger partial charge < -0.3 is 9.64 Å². The Labute approximate surface area is 141 Å². The molecule has 0 saturated carbocycles. The lowest BCUT2D eigenvalue weighted by Gasteiger charge is -2.33. The van der Waals surface area contributed by atoms with Crippen molar-refractivity contribution in [3.8, 4) is 0 Å². The van der Waals surface area contributed by atoms with Crippen LogP contribution in [0.15, 0.2) is 11.6 Å². The second-order valence-corrected chi connectivity index (χ2v) is 8.11. The maximum absolute atomic E-state index is 12.5. The fourth-order valence-electron chi connectivity index (χ4n) is 4.38. The molecule has 0 unspecified atom stereocenters. The molecule has 3 aliphatic rings. The summed E-state index contributed by atoms with van der Waals surface area (Å²) in [5.41, 5.74) is 0. The van der Waals surface area contributed by atoms with Gasteiger partial charge in [-0.25, -0.2) is 4.98 Å². The van der Waals surface area contributed by atoms with Crippen LogP contribution in [0.5, 0.6) is 0 Å². The summed E-state index contributed by atoms with van der Waals surface area (Å²) in [5, 5.41) is 3.23. The van der Waals surface area contributed by atoms with Crippen molar-refractivity contribution in [1.82, 2.24) is 14.8 Å². The van der Waals surface area contributed by atoms with Crippen molar-refractivity contribution >= 4 is 17.2 Å². The van der Waals surface area contributed by atoms with E-state index in [1.165, 1.54) is 17.8 Å². The third-order valence-electron chi connectivity index (χ3n) is 5.57. The molecule has 0 radical (unpaired) electrons. The standard InChI is InChI=1S/C17H25N3O2S/c21-17(20-4-1-2-5-20)7-13-11-22-12-14-8-19(9-15(13)14)10-16-18-3-6-23-16/h3,6,13-15H,1-2,4-5,7-12H2/t13-,14-,15+/m1/s1. The molecule has 0 N–H and O–H groups in total. The van der Waals surface area contributed by atoms with E-state index < -0.39 is 0 Å². The SMILES string of the molecule is O=C(C[C@@H]1COC[C@H]2CN(Cc3nccs3)C[C@@H]12)N1CCCC1. The number of hydrogen-bond acceptors (Lipinski definition) is 5. The van der Waals surface area contributed by atoms with Crippen LogP contribution in [0.4, 0.5) is 0 Å². The molecule has 3 fully saturated rings. The Morgan fingerprint density at radius 3 is 2.96 bits per heavy atom. The van der Waals surface area contributed by atoms with Crippen molar-refractivity contribution in [3.05, 3.63) is 16.6 Å². The first-order valence-corrected chi connectivity index (χ1v) is 9.64. The Balaban J connectivity index is 1.36. The van der Waals surface area contributed by atoms with Crippen LogP contribution in [-0.4, -0.2) is 60.1 Å². The number of amides is 1. The minimum absolute atomic E-state index is 0.343. The van der Waals surface area contributed by atoms with Gasteiger partial charge in [-0.05, 0) is 30.6 Å². The van der Waals surface area contributed by atoms with Crippen LogP contribution in [0.1, 0.15) is 24.3 Å². The van der Waals surface area contributed by atoms with E-state index in [1.807, 2.05) is 16.5 Å². The molecular weight excluding hydrogens is 310 g/mol. The summed E-state index contributed by atoms with van der Waals surface area (Å²) < 4.78 is 5.83. The number of carbonyl (C=O) groups is 1.